The maximum Gasteiger partial charge on any atom is 0.326 e. The molecular formula is C15H21NO3. The minimum Gasteiger partial charge on any atom is -0.480 e. The number of aryl methyl sites for hydroxylation is 2. The van der Waals surface area contributed by atoms with Gasteiger partial charge in [0, 0.05) is 0 Å². The van der Waals surface area contributed by atoms with Crippen LogP contribution in [0.4, 0.5) is 0 Å². The average molecular weight is 263 g/mol. The molecule has 19 heavy (non-hydrogen) atoms. The second-order valence-electron chi connectivity index (χ2n) is 4.84. The van der Waals surface area contributed by atoms with Crippen LogP contribution in [0.5, 0.6) is 0 Å². The third-order valence-electron chi connectivity index (χ3n) is 3.15. The van der Waals surface area contributed by atoms with Crippen LogP contribution in [0.25, 0.3) is 0 Å². The standard InChI is InChI=1S/C15H21NO3/c1-4-5-13(15(18)19)16-14(17)9-12-7-6-10(2)11(3)8-12/h6-8,13H,4-5,9H2,1-3H3,(H,16,17)(H,18,19)/t13-/m1/s1. The molecule has 4 nitrogen and oxygen atoms in total. The van der Waals surface area contributed by atoms with Crippen LogP contribution in [0.1, 0.15) is 36.5 Å². The third-order valence-corrected chi connectivity index (χ3v) is 3.15. The topological polar surface area (TPSA) is 66.4 Å². The molecule has 0 aromatic heterocycles. The molecule has 1 aromatic carbocycles. The zero-order valence-electron chi connectivity index (χ0n) is 11.7. The van der Waals surface area contributed by atoms with Gasteiger partial charge in [-0.2, -0.15) is 0 Å². The van der Waals surface area contributed by atoms with Gasteiger partial charge in [-0.3, -0.25) is 4.79 Å². The van der Waals surface area contributed by atoms with E-state index in [0.717, 1.165) is 17.5 Å². The van der Waals surface area contributed by atoms with Crippen molar-refractivity contribution < 1.29 is 14.7 Å². The first-order valence-electron chi connectivity index (χ1n) is 6.52. The van der Waals surface area contributed by atoms with E-state index in [1.807, 2.05) is 39.0 Å². The highest BCUT2D eigenvalue weighted by molar-refractivity contribution is 5.84. The number of carbonyl (C=O) groups is 2. The summed E-state index contributed by atoms with van der Waals surface area (Å²) in [5.74, 6) is -1.22. The lowest BCUT2D eigenvalue weighted by atomic mass is 10.0. The van der Waals surface area contributed by atoms with Crippen LogP contribution in [0, 0.1) is 13.8 Å². The number of benzene rings is 1. The van der Waals surface area contributed by atoms with E-state index in [-0.39, 0.29) is 12.3 Å². The van der Waals surface area contributed by atoms with E-state index in [0.29, 0.717) is 6.42 Å². The summed E-state index contributed by atoms with van der Waals surface area (Å²) in [5, 5.41) is 11.5. The molecule has 0 radical (unpaired) electrons. The van der Waals surface area contributed by atoms with Crippen LogP contribution in [-0.2, 0) is 16.0 Å². The van der Waals surface area contributed by atoms with Crippen molar-refractivity contribution in [3.8, 4) is 0 Å². The number of nitrogens with one attached hydrogen (secondary N) is 1. The largest absolute Gasteiger partial charge is 0.480 e. The summed E-state index contributed by atoms with van der Waals surface area (Å²) in [4.78, 5) is 22.8. The fourth-order valence-electron chi connectivity index (χ4n) is 1.89. The summed E-state index contributed by atoms with van der Waals surface area (Å²) in [5.41, 5.74) is 3.22. The van der Waals surface area contributed by atoms with Gasteiger partial charge in [-0.1, -0.05) is 31.5 Å². The normalized spacial score (nSPS) is 11.9. The Morgan fingerprint density at radius 2 is 1.95 bits per heavy atom. The lowest BCUT2D eigenvalue weighted by Gasteiger charge is -2.13. The molecule has 0 saturated carbocycles. The molecule has 1 rings (SSSR count). The fourth-order valence-corrected chi connectivity index (χ4v) is 1.89. The molecule has 0 bridgehead atoms. The molecule has 0 aliphatic rings. The number of carboxylic acids is 1. The molecule has 0 aliphatic heterocycles. The predicted molar refractivity (Wildman–Crippen MR) is 74.1 cm³/mol. The van der Waals surface area contributed by atoms with Gasteiger partial charge >= 0.3 is 5.97 Å². The monoisotopic (exact) mass is 263 g/mol. The maximum absolute atomic E-state index is 11.8. The fraction of sp³-hybridized carbons (Fsp3) is 0.467. The van der Waals surface area contributed by atoms with Gasteiger partial charge in [0.05, 0.1) is 6.42 Å². The third kappa shape index (κ3) is 4.73. The summed E-state index contributed by atoms with van der Waals surface area (Å²) < 4.78 is 0. The Balaban J connectivity index is 2.63. The van der Waals surface area contributed by atoms with Gasteiger partial charge in [0.1, 0.15) is 6.04 Å². The van der Waals surface area contributed by atoms with Gasteiger partial charge in [-0.15, -0.1) is 0 Å². The van der Waals surface area contributed by atoms with Crippen LogP contribution in [0.3, 0.4) is 0 Å². The number of rotatable bonds is 6. The molecule has 1 atom stereocenters. The summed E-state index contributed by atoms with van der Waals surface area (Å²) >= 11 is 0. The van der Waals surface area contributed by atoms with E-state index in [1.54, 1.807) is 0 Å². The SMILES string of the molecule is CCC[C@@H](NC(=O)Cc1ccc(C)c(C)c1)C(=O)O. The Bertz CT molecular complexity index is 468. The molecule has 2 N–H and O–H groups in total. The van der Waals surface area contributed by atoms with E-state index in [4.69, 9.17) is 5.11 Å². The number of hydrogen-bond acceptors (Lipinski definition) is 2. The number of aliphatic carboxylic acids is 1. The Hall–Kier alpha value is -1.84. The van der Waals surface area contributed by atoms with Gasteiger partial charge in [0.2, 0.25) is 5.91 Å². The van der Waals surface area contributed by atoms with Crippen molar-refractivity contribution in [2.75, 3.05) is 0 Å². The summed E-state index contributed by atoms with van der Waals surface area (Å²) in [7, 11) is 0. The molecule has 1 aromatic rings. The molecule has 1 amide bonds. The first kappa shape index (κ1) is 15.2. The quantitative estimate of drug-likeness (QED) is 0.827. The molecule has 0 heterocycles. The first-order valence-corrected chi connectivity index (χ1v) is 6.52. The maximum atomic E-state index is 11.8. The number of carbonyl (C=O) groups excluding carboxylic acids is 1. The van der Waals surface area contributed by atoms with E-state index >= 15 is 0 Å². The average Bonchev–Trinajstić information content (AvgIpc) is 2.33. The Kier molecular flexibility index (Phi) is 5.55. The van der Waals surface area contributed by atoms with E-state index in [2.05, 4.69) is 5.32 Å². The lowest BCUT2D eigenvalue weighted by molar-refractivity contribution is -0.141. The minimum absolute atomic E-state index is 0.217. The molecule has 0 spiro atoms. The van der Waals surface area contributed by atoms with Crippen molar-refractivity contribution in [3.05, 3.63) is 34.9 Å². The summed E-state index contributed by atoms with van der Waals surface area (Å²) in [6, 6.07) is 5.05. The molecule has 0 saturated heterocycles. The molecule has 104 valence electrons. The summed E-state index contributed by atoms with van der Waals surface area (Å²) in [6.07, 6.45) is 1.39. The van der Waals surface area contributed by atoms with Gasteiger partial charge < -0.3 is 10.4 Å². The molecule has 0 fully saturated rings. The van der Waals surface area contributed by atoms with Gasteiger partial charge in [-0.05, 0) is 37.0 Å². The molecule has 0 unspecified atom stereocenters. The van der Waals surface area contributed by atoms with E-state index in [9.17, 15) is 9.59 Å². The van der Waals surface area contributed by atoms with E-state index in [1.165, 1.54) is 5.56 Å². The smallest absolute Gasteiger partial charge is 0.326 e. The zero-order valence-corrected chi connectivity index (χ0v) is 11.7. The van der Waals surface area contributed by atoms with Crippen LogP contribution < -0.4 is 5.32 Å². The predicted octanol–water partition coefficient (Wildman–Crippen LogP) is 2.22. The van der Waals surface area contributed by atoms with Crippen LogP contribution in [0.2, 0.25) is 0 Å². The second-order valence-corrected chi connectivity index (χ2v) is 4.84. The second kappa shape index (κ2) is 6.92. The Labute approximate surface area is 113 Å². The van der Waals surface area contributed by atoms with Crippen molar-refractivity contribution in [2.45, 2.75) is 46.1 Å². The summed E-state index contributed by atoms with van der Waals surface area (Å²) in [6.45, 7) is 5.90. The zero-order chi connectivity index (χ0) is 14.4. The van der Waals surface area contributed by atoms with Gasteiger partial charge in [0.25, 0.3) is 0 Å². The van der Waals surface area contributed by atoms with E-state index < -0.39 is 12.0 Å². The van der Waals surface area contributed by atoms with Crippen LogP contribution in [-0.4, -0.2) is 23.0 Å². The van der Waals surface area contributed by atoms with Crippen molar-refractivity contribution in [1.29, 1.82) is 0 Å². The van der Waals surface area contributed by atoms with Crippen LogP contribution in [0.15, 0.2) is 18.2 Å². The Morgan fingerprint density at radius 1 is 1.26 bits per heavy atom. The highest BCUT2D eigenvalue weighted by Gasteiger charge is 2.18. The van der Waals surface area contributed by atoms with Gasteiger partial charge in [0.15, 0.2) is 0 Å². The molecule has 4 heteroatoms. The van der Waals surface area contributed by atoms with Crippen molar-refractivity contribution in [2.24, 2.45) is 0 Å². The first-order chi connectivity index (χ1) is 8.93. The highest BCUT2D eigenvalue weighted by atomic mass is 16.4. The lowest BCUT2D eigenvalue weighted by Crippen LogP contribution is -2.41. The van der Waals surface area contributed by atoms with Crippen molar-refractivity contribution in [3.63, 3.8) is 0 Å². The van der Waals surface area contributed by atoms with Crippen molar-refractivity contribution in [1.82, 2.24) is 5.32 Å². The number of hydrogen-bond donors (Lipinski definition) is 2. The minimum atomic E-state index is -0.977. The Morgan fingerprint density at radius 3 is 2.47 bits per heavy atom. The van der Waals surface area contributed by atoms with Gasteiger partial charge in [-0.25, -0.2) is 4.79 Å². The number of amides is 1. The molecule has 0 aliphatic carbocycles. The molecular weight excluding hydrogens is 242 g/mol. The van der Waals surface area contributed by atoms with Crippen LogP contribution >= 0.6 is 0 Å². The number of carboxylic acid groups (broad SMARTS) is 1. The van der Waals surface area contributed by atoms with Crippen molar-refractivity contribution >= 4 is 11.9 Å². The highest BCUT2D eigenvalue weighted by Crippen LogP contribution is 2.10.